The van der Waals surface area contributed by atoms with E-state index in [4.69, 9.17) is 0 Å². The predicted molar refractivity (Wildman–Crippen MR) is 50.0 cm³/mol. The second-order valence-electron chi connectivity index (χ2n) is 3.91. The Hall–Kier alpha value is -0.830. The summed E-state index contributed by atoms with van der Waals surface area (Å²) >= 11 is 0. The van der Waals surface area contributed by atoms with Crippen LogP contribution in [0.1, 0.15) is 26.6 Å². The Morgan fingerprint density at radius 2 is 2.17 bits per heavy atom. The van der Waals surface area contributed by atoms with Crippen LogP contribution in [0.5, 0.6) is 0 Å². The molecule has 3 heteroatoms. The molecular weight excluding hydrogens is 150 g/mol. The first-order chi connectivity index (χ1) is 5.55. The van der Waals surface area contributed by atoms with Crippen LogP contribution in [-0.4, -0.2) is 16.6 Å². The average Bonchev–Trinajstić information content (AvgIpc) is 2.34. The van der Waals surface area contributed by atoms with Crippen LogP contribution in [0.3, 0.4) is 0 Å². The zero-order valence-electron chi connectivity index (χ0n) is 8.26. The van der Waals surface area contributed by atoms with Crippen LogP contribution in [0, 0.1) is 0 Å². The molecule has 0 unspecified atom stereocenters. The monoisotopic (exact) mass is 167 g/mol. The highest BCUT2D eigenvalue weighted by Crippen LogP contribution is 2.15. The van der Waals surface area contributed by atoms with Crippen LogP contribution in [0.4, 0.5) is 0 Å². The van der Waals surface area contributed by atoms with Gasteiger partial charge in [-0.3, -0.25) is 0 Å². The largest absolute Gasteiger partial charge is 0.329 e. The van der Waals surface area contributed by atoms with E-state index in [2.05, 4.69) is 35.6 Å². The second-order valence-corrected chi connectivity index (χ2v) is 3.91. The summed E-state index contributed by atoms with van der Waals surface area (Å²) < 4.78 is 2.18. The van der Waals surface area contributed by atoms with Crippen molar-refractivity contribution in [3.05, 3.63) is 18.2 Å². The zero-order chi connectivity index (χ0) is 9.19. The fraction of sp³-hybridized carbons (Fsp3) is 0.667. The van der Waals surface area contributed by atoms with Gasteiger partial charge < -0.3 is 9.88 Å². The number of rotatable bonds is 2. The molecule has 12 heavy (non-hydrogen) atoms. The van der Waals surface area contributed by atoms with Crippen molar-refractivity contribution < 1.29 is 0 Å². The van der Waals surface area contributed by atoms with Crippen LogP contribution in [0.15, 0.2) is 12.4 Å². The molecule has 1 rings (SSSR count). The summed E-state index contributed by atoms with van der Waals surface area (Å²) in [6, 6.07) is 0. The van der Waals surface area contributed by atoms with Crippen molar-refractivity contribution in [1.29, 1.82) is 0 Å². The van der Waals surface area contributed by atoms with Gasteiger partial charge in [0.1, 0.15) is 5.82 Å². The molecule has 0 radical (unpaired) electrons. The van der Waals surface area contributed by atoms with E-state index in [1.54, 1.807) is 0 Å². The fourth-order valence-corrected chi connectivity index (χ4v) is 1.23. The van der Waals surface area contributed by atoms with Gasteiger partial charge in [-0.15, -0.1) is 0 Å². The first-order valence-electron chi connectivity index (χ1n) is 4.23. The minimum Gasteiger partial charge on any atom is -0.329 e. The molecule has 0 saturated carbocycles. The molecule has 1 heterocycles. The molecule has 0 atom stereocenters. The molecule has 0 bridgehead atoms. The van der Waals surface area contributed by atoms with Crippen molar-refractivity contribution >= 4 is 0 Å². The molecule has 0 aliphatic heterocycles. The van der Waals surface area contributed by atoms with Crippen molar-refractivity contribution in [2.75, 3.05) is 7.05 Å². The molecule has 0 aromatic carbocycles. The topological polar surface area (TPSA) is 29.9 Å². The van der Waals surface area contributed by atoms with E-state index in [1.807, 2.05) is 19.4 Å². The third kappa shape index (κ3) is 1.85. The molecular formula is C9H17N3. The third-order valence-electron chi connectivity index (χ3n) is 1.77. The van der Waals surface area contributed by atoms with Gasteiger partial charge in [0.15, 0.2) is 0 Å². The molecule has 1 aromatic rings. The summed E-state index contributed by atoms with van der Waals surface area (Å²) in [5, 5.41) is 3.10. The smallest absolute Gasteiger partial charge is 0.123 e. The highest BCUT2D eigenvalue weighted by molar-refractivity contribution is 4.96. The summed E-state index contributed by atoms with van der Waals surface area (Å²) in [4.78, 5) is 4.27. The van der Waals surface area contributed by atoms with Crippen LogP contribution >= 0.6 is 0 Å². The van der Waals surface area contributed by atoms with Gasteiger partial charge >= 0.3 is 0 Å². The molecule has 3 nitrogen and oxygen atoms in total. The van der Waals surface area contributed by atoms with Crippen LogP contribution in [-0.2, 0) is 12.1 Å². The van der Waals surface area contributed by atoms with Crippen molar-refractivity contribution in [3.63, 3.8) is 0 Å². The van der Waals surface area contributed by atoms with Gasteiger partial charge in [0, 0.05) is 17.9 Å². The Morgan fingerprint density at radius 1 is 1.50 bits per heavy atom. The van der Waals surface area contributed by atoms with Gasteiger partial charge in [-0.1, -0.05) is 0 Å². The lowest BCUT2D eigenvalue weighted by Crippen LogP contribution is -2.25. The molecule has 0 aliphatic carbocycles. The van der Waals surface area contributed by atoms with E-state index in [1.165, 1.54) is 0 Å². The third-order valence-corrected chi connectivity index (χ3v) is 1.77. The molecule has 68 valence electrons. The van der Waals surface area contributed by atoms with Crippen LogP contribution < -0.4 is 5.32 Å². The van der Waals surface area contributed by atoms with Crippen molar-refractivity contribution in [2.45, 2.75) is 32.9 Å². The minimum atomic E-state index is 0.128. The van der Waals surface area contributed by atoms with E-state index in [0.717, 1.165) is 12.4 Å². The van der Waals surface area contributed by atoms with Gasteiger partial charge in [-0.25, -0.2) is 4.98 Å². The van der Waals surface area contributed by atoms with Gasteiger partial charge in [0.05, 0.1) is 6.54 Å². The quantitative estimate of drug-likeness (QED) is 0.720. The fourth-order valence-electron chi connectivity index (χ4n) is 1.23. The summed E-state index contributed by atoms with van der Waals surface area (Å²) in [5.41, 5.74) is 0.128. The highest BCUT2D eigenvalue weighted by atomic mass is 15.1. The normalized spacial score (nSPS) is 12.0. The standard InChI is InChI=1S/C9H17N3/c1-9(2,3)12-6-5-11-8(12)7-10-4/h5-6,10H,7H2,1-4H3. The van der Waals surface area contributed by atoms with Crippen molar-refractivity contribution in [1.82, 2.24) is 14.9 Å². The maximum absolute atomic E-state index is 4.27. The Bertz CT molecular complexity index is 245. The first kappa shape index (κ1) is 9.26. The first-order valence-corrected chi connectivity index (χ1v) is 4.23. The lowest BCUT2D eigenvalue weighted by atomic mass is 10.1. The van der Waals surface area contributed by atoms with Gasteiger partial charge in [0.25, 0.3) is 0 Å². The van der Waals surface area contributed by atoms with Crippen molar-refractivity contribution in [3.8, 4) is 0 Å². The molecule has 0 aliphatic rings. The van der Waals surface area contributed by atoms with Gasteiger partial charge in [-0.2, -0.15) is 0 Å². The van der Waals surface area contributed by atoms with Crippen molar-refractivity contribution in [2.24, 2.45) is 0 Å². The van der Waals surface area contributed by atoms with E-state index in [-0.39, 0.29) is 5.54 Å². The maximum atomic E-state index is 4.27. The number of aromatic nitrogens is 2. The SMILES string of the molecule is CNCc1nccn1C(C)(C)C. The van der Waals surface area contributed by atoms with Crippen LogP contribution in [0.2, 0.25) is 0 Å². The lowest BCUT2D eigenvalue weighted by molar-refractivity contribution is 0.379. The van der Waals surface area contributed by atoms with Gasteiger partial charge in [0.2, 0.25) is 0 Å². The molecule has 1 aromatic heterocycles. The Morgan fingerprint density at radius 3 is 2.67 bits per heavy atom. The molecule has 0 spiro atoms. The predicted octanol–water partition coefficient (Wildman–Crippen LogP) is 1.36. The molecule has 0 amide bonds. The number of nitrogens with zero attached hydrogens (tertiary/aromatic N) is 2. The van der Waals surface area contributed by atoms with E-state index in [9.17, 15) is 0 Å². The van der Waals surface area contributed by atoms with E-state index >= 15 is 0 Å². The molecule has 0 saturated heterocycles. The molecule has 0 fully saturated rings. The maximum Gasteiger partial charge on any atom is 0.123 e. The molecule has 1 N–H and O–H groups in total. The van der Waals surface area contributed by atoms with E-state index < -0.39 is 0 Å². The summed E-state index contributed by atoms with van der Waals surface area (Å²) in [6.07, 6.45) is 3.87. The number of hydrogen-bond acceptors (Lipinski definition) is 2. The lowest BCUT2D eigenvalue weighted by Gasteiger charge is -2.23. The Kier molecular flexibility index (Phi) is 2.52. The summed E-state index contributed by atoms with van der Waals surface area (Å²) in [6.45, 7) is 7.35. The van der Waals surface area contributed by atoms with Crippen LogP contribution in [0.25, 0.3) is 0 Å². The Labute approximate surface area is 73.8 Å². The zero-order valence-corrected chi connectivity index (χ0v) is 8.26. The second kappa shape index (κ2) is 3.27. The van der Waals surface area contributed by atoms with Gasteiger partial charge in [-0.05, 0) is 27.8 Å². The average molecular weight is 167 g/mol. The number of nitrogens with one attached hydrogen (secondary N) is 1. The highest BCUT2D eigenvalue weighted by Gasteiger charge is 2.15. The summed E-state index contributed by atoms with van der Waals surface area (Å²) in [5.74, 6) is 1.09. The number of hydrogen-bond donors (Lipinski definition) is 1. The van der Waals surface area contributed by atoms with E-state index in [0.29, 0.717) is 0 Å². The minimum absolute atomic E-state index is 0.128. The Balaban J connectivity index is 2.91. The summed E-state index contributed by atoms with van der Waals surface area (Å²) in [7, 11) is 1.93. The number of imidazole rings is 1.